The van der Waals surface area contributed by atoms with E-state index in [0.29, 0.717) is 0 Å². The summed E-state index contributed by atoms with van der Waals surface area (Å²) in [5, 5.41) is 4.09. The van der Waals surface area contributed by atoms with Crippen molar-refractivity contribution in [3.63, 3.8) is 0 Å². The van der Waals surface area contributed by atoms with Crippen molar-refractivity contribution in [1.29, 1.82) is 0 Å². The lowest BCUT2D eigenvalue weighted by atomic mass is 10.1. The quantitative estimate of drug-likeness (QED) is 0.701. The van der Waals surface area contributed by atoms with Crippen LogP contribution in [-0.2, 0) is 0 Å². The van der Waals surface area contributed by atoms with Crippen LogP contribution < -0.4 is 5.32 Å². The standard InChI is InChI=1S/C13H12Br2ClNS/c1-7-5-11(18-13(7)15)12(17-2)9-4-3-8(16)6-10(9)14/h3-6,12,17H,1-2H3. The van der Waals surface area contributed by atoms with Gasteiger partial charge in [0.25, 0.3) is 0 Å². The zero-order chi connectivity index (χ0) is 13.3. The van der Waals surface area contributed by atoms with E-state index in [0.717, 1.165) is 9.50 Å². The normalized spacial score (nSPS) is 12.7. The minimum absolute atomic E-state index is 0.173. The molecule has 0 fully saturated rings. The molecule has 1 aromatic heterocycles. The topological polar surface area (TPSA) is 12.0 Å². The van der Waals surface area contributed by atoms with Crippen LogP contribution in [0.15, 0.2) is 32.5 Å². The third-order valence-corrected chi connectivity index (χ3v) is 5.85. The van der Waals surface area contributed by atoms with Gasteiger partial charge >= 0.3 is 0 Å². The minimum atomic E-state index is 0.173. The molecule has 1 aromatic carbocycles. The molecular weight excluding hydrogens is 397 g/mol. The molecule has 5 heteroatoms. The predicted molar refractivity (Wildman–Crippen MR) is 86.8 cm³/mol. The van der Waals surface area contributed by atoms with Crippen molar-refractivity contribution in [3.8, 4) is 0 Å². The van der Waals surface area contributed by atoms with Crippen LogP contribution in [0.4, 0.5) is 0 Å². The van der Waals surface area contributed by atoms with Crippen LogP contribution in [0.5, 0.6) is 0 Å². The number of thiophene rings is 1. The molecule has 0 aliphatic carbocycles. The van der Waals surface area contributed by atoms with Gasteiger partial charge < -0.3 is 5.32 Å². The van der Waals surface area contributed by atoms with Crippen molar-refractivity contribution < 1.29 is 0 Å². The van der Waals surface area contributed by atoms with Crippen LogP contribution in [0, 0.1) is 6.92 Å². The first-order chi connectivity index (χ1) is 8.52. The van der Waals surface area contributed by atoms with Crippen LogP contribution in [0.25, 0.3) is 0 Å². The molecule has 1 unspecified atom stereocenters. The fourth-order valence-corrected chi connectivity index (χ4v) is 4.42. The number of rotatable bonds is 3. The van der Waals surface area contributed by atoms with Gasteiger partial charge in [0.1, 0.15) is 0 Å². The Labute approximate surface area is 133 Å². The Morgan fingerprint density at radius 1 is 1.28 bits per heavy atom. The van der Waals surface area contributed by atoms with Gasteiger partial charge in [-0.15, -0.1) is 11.3 Å². The number of hydrogen-bond acceptors (Lipinski definition) is 2. The molecule has 96 valence electrons. The largest absolute Gasteiger partial charge is 0.309 e. The number of nitrogens with one attached hydrogen (secondary N) is 1. The highest BCUT2D eigenvalue weighted by Gasteiger charge is 2.18. The summed E-state index contributed by atoms with van der Waals surface area (Å²) < 4.78 is 2.21. The third kappa shape index (κ3) is 2.99. The molecule has 0 saturated carbocycles. The zero-order valence-electron chi connectivity index (χ0n) is 9.93. The molecule has 0 spiro atoms. The van der Waals surface area contributed by atoms with Crippen LogP contribution in [0.1, 0.15) is 22.0 Å². The van der Waals surface area contributed by atoms with Crippen molar-refractivity contribution in [3.05, 3.63) is 53.6 Å². The van der Waals surface area contributed by atoms with Gasteiger partial charge in [-0.2, -0.15) is 0 Å². The fourth-order valence-electron chi connectivity index (χ4n) is 1.81. The molecule has 0 radical (unpaired) electrons. The van der Waals surface area contributed by atoms with Gasteiger partial charge in [-0.25, -0.2) is 0 Å². The predicted octanol–water partition coefficient (Wildman–Crippen LogP) is 5.54. The van der Waals surface area contributed by atoms with E-state index in [4.69, 9.17) is 11.6 Å². The molecule has 1 nitrogen and oxygen atoms in total. The monoisotopic (exact) mass is 407 g/mol. The lowest BCUT2D eigenvalue weighted by Gasteiger charge is -2.17. The van der Waals surface area contributed by atoms with E-state index in [2.05, 4.69) is 56.2 Å². The van der Waals surface area contributed by atoms with Gasteiger partial charge in [-0.1, -0.05) is 33.6 Å². The molecule has 1 heterocycles. The van der Waals surface area contributed by atoms with Crippen molar-refractivity contribution in [2.45, 2.75) is 13.0 Å². The first-order valence-corrected chi connectivity index (χ1v) is 8.19. The van der Waals surface area contributed by atoms with Crippen molar-refractivity contribution in [2.24, 2.45) is 0 Å². The molecule has 1 N–H and O–H groups in total. The van der Waals surface area contributed by atoms with Gasteiger partial charge in [0.15, 0.2) is 0 Å². The number of benzene rings is 1. The van der Waals surface area contributed by atoms with E-state index < -0.39 is 0 Å². The summed E-state index contributed by atoms with van der Waals surface area (Å²) in [6.45, 7) is 2.10. The highest BCUT2D eigenvalue weighted by molar-refractivity contribution is 9.11. The molecular formula is C13H12Br2ClNS. The van der Waals surface area contributed by atoms with E-state index in [9.17, 15) is 0 Å². The maximum Gasteiger partial charge on any atom is 0.0731 e. The van der Waals surface area contributed by atoms with Gasteiger partial charge in [-0.3, -0.25) is 0 Å². The van der Waals surface area contributed by atoms with Crippen molar-refractivity contribution >= 4 is 54.8 Å². The number of aryl methyl sites for hydroxylation is 1. The van der Waals surface area contributed by atoms with Gasteiger partial charge in [0, 0.05) is 14.4 Å². The zero-order valence-corrected chi connectivity index (χ0v) is 14.7. The summed E-state index contributed by atoms with van der Waals surface area (Å²) in [5.74, 6) is 0. The summed E-state index contributed by atoms with van der Waals surface area (Å²) in [5.41, 5.74) is 2.45. The smallest absolute Gasteiger partial charge is 0.0731 e. The van der Waals surface area contributed by atoms with Gasteiger partial charge in [0.2, 0.25) is 0 Å². The molecule has 2 aromatic rings. The van der Waals surface area contributed by atoms with Crippen LogP contribution in [0.2, 0.25) is 5.02 Å². The number of halogens is 3. The maximum atomic E-state index is 5.98. The molecule has 1 atom stereocenters. The van der Waals surface area contributed by atoms with E-state index >= 15 is 0 Å². The Morgan fingerprint density at radius 2 is 2.00 bits per heavy atom. The maximum absolute atomic E-state index is 5.98. The molecule has 2 rings (SSSR count). The Morgan fingerprint density at radius 3 is 2.50 bits per heavy atom. The highest BCUT2D eigenvalue weighted by atomic mass is 79.9. The summed E-state index contributed by atoms with van der Waals surface area (Å²) in [4.78, 5) is 1.28. The summed E-state index contributed by atoms with van der Waals surface area (Å²) in [6, 6.07) is 8.28. The van der Waals surface area contributed by atoms with E-state index in [1.54, 1.807) is 11.3 Å². The lowest BCUT2D eigenvalue weighted by Crippen LogP contribution is -2.16. The van der Waals surface area contributed by atoms with Crippen molar-refractivity contribution in [2.75, 3.05) is 7.05 Å². The van der Waals surface area contributed by atoms with Gasteiger partial charge in [0.05, 0.1) is 9.83 Å². The van der Waals surface area contributed by atoms with Crippen LogP contribution >= 0.6 is 54.8 Å². The van der Waals surface area contributed by atoms with E-state index in [1.165, 1.54) is 19.8 Å². The summed E-state index contributed by atoms with van der Waals surface area (Å²) >= 11 is 14.9. The Hall–Kier alpha value is 0.130. The average Bonchev–Trinajstić information content (AvgIpc) is 2.63. The molecule has 0 amide bonds. The van der Waals surface area contributed by atoms with Crippen molar-refractivity contribution in [1.82, 2.24) is 5.32 Å². The van der Waals surface area contributed by atoms with Crippen LogP contribution in [-0.4, -0.2) is 7.05 Å². The molecule has 0 aliphatic heterocycles. The molecule has 0 aliphatic rings. The Bertz CT molecular complexity index is 549. The van der Waals surface area contributed by atoms with Crippen LogP contribution in [0.3, 0.4) is 0 Å². The third-order valence-electron chi connectivity index (χ3n) is 2.72. The first-order valence-electron chi connectivity index (χ1n) is 5.41. The number of hydrogen-bond donors (Lipinski definition) is 1. The Balaban J connectivity index is 2.45. The Kier molecular flexibility index (Phi) is 4.89. The second-order valence-electron chi connectivity index (χ2n) is 3.99. The molecule has 18 heavy (non-hydrogen) atoms. The second kappa shape index (κ2) is 6.06. The summed E-state index contributed by atoms with van der Waals surface area (Å²) in [6.07, 6.45) is 0. The SMILES string of the molecule is CNC(c1cc(C)c(Br)s1)c1ccc(Cl)cc1Br. The van der Waals surface area contributed by atoms with E-state index in [-0.39, 0.29) is 6.04 Å². The molecule has 0 bridgehead atoms. The fraction of sp³-hybridized carbons (Fsp3) is 0.231. The minimum Gasteiger partial charge on any atom is -0.309 e. The van der Waals surface area contributed by atoms with Gasteiger partial charge in [-0.05, 0) is 59.2 Å². The highest BCUT2D eigenvalue weighted by Crippen LogP contribution is 2.37. The van der Waals surface area contributed by atoms with E-state index in [1.807, 2.05) is 19.2 Å². The first kappa shape index (κ1) is 14.5. The lowest BCUT2D eigenvalue weighted by molar-refractivity contribution is 0.700. The molecule has 0 saturated heterocycles. The second-order valence-corrected chi connectivity index (χ2v) is 7.69. The average molecular weight is 410 g/mol. The summed E-state index contributed by atoms with van der Waals surface area (Å²) in [7, 11) is 1.97.